The molecule has 0 fully saturated rings. The lowest BCUT2D eigenvalue weighted by Crippen LogP contribution is -2.34. The van der Waals surface area contributed by atoms with E-state index in [1.54, 1.807) is 31.2 Å². The number of anilines is 2. The Morgan fingerprint density at radius 3 is 1.93 bits per heavy atom. The molecule has 2 aromatic rings. The second kappa shape index (κ2) is 9.66. The second-order valence-electron chi connectivity index (χ2n) is 5.88. The summed E-state index contributed by atoms with van der Waals surface area (Å²) in [7, 11) is 0. The zero-order valence-electron chi connectivity index (χ0n) is 15.4. The van der Waals surface area contributed by atoms with Gasteiger partial charge in [-0.15, -0.1) is 0 Å². The first-order valence-electron chi connectivity index (χ1n) is 8.21. The third-order valence-electron chi connectivity index (χ3n) is 3.59. The van der Waals surface area contributed by atoms with Crippen molar-refractivity contribution in [3.8, 4) is 0 Å². The van der Waals surface area contributed by atoms with E-state index in [1.165, 1.54) is 25.1 Å². The number of amides is 2. The van der Waals surface area contributed by atoms with Gasteiger partial charge in [-0.25, -0.2) is 0 Å². The van der Waals surface area contributed by atoms with Crippen molar-refractivity contribution in [1.29, 1.82) is 0 Å². The quantitative estimate of drug-likeness (QED) is 0.331. The molecule has 0 atom stereocenters. The predicted octanol–water partition coefficient (Wildman–Crippen LogP) is 2.86. The van der Waals surface area contributed by atoms with Crippen molar-refractivity contribution >= 4 is 63.5 Å². The number of rotatable bonds is 4. The van der Waals surface area contributed by atoms with Crippen molar-refractivity contribution in [3.63, 3.8) is 0 Å². The third kappa shape index (κ3) is 6.59. The lowest BCUT2D eigenvalue weighted by Gasteiger charge is -2.11. The van der Waals surface area contributed by atoms with Gasteiger partial charge in [0.25, 0.3) is 11.6 Å². The Labute approximate surface area is 177 Å². The van der Waals surface area contributed by atoms with Gasteiger partial charge < -0.3 is 16.0 Å². The van der Waals surface area contributed by atoms with E-state index in [4.69, 9.17) is 24.4 Å². The van der Waals surface area contributed by atoms with Crippen LogP contribution in [-0.4, -0.2) is 27.0 Å². The standard InChI is InChI=1S/C18H17N5O4S2/c1-10-3-4-12(9-15(10)23(26)27)16(25)22-18(29)21-14-7-5-13(6-8-14)20-17(28)19-11(2)24/h3-9H,1-2H3,(H2,19,20,24,28)(H2,21,22,25,29). The number of nitrogens with one attached hydrogen (secondary N) is 4. The van der Waals surface area contributed by atoms with Gasteiger partial charge in [0.1, 0.15) is 0 Å². The molecule has 0 spiro atoms. The number of nitro groups is 1. The third-order valence-corrected chi connectivity index (χ3v) is 3.99. The van der Waals surface area contributed by atoms with E-state index >= 15 is 0 Å². The number of carbonyl (C=O) groups is 2. The number of hydrogen-bond donors (Lipinski definition) is 4. The largest absolute Gasteiger partial charge is 0.332 e. The first-order chi connectivity index (χ1) is 13.7. The minimum Gasteiger partial charge on any atom is -0.332 e. The minimum absolute atomic E-state index is 0.0349. The molecule has 0 aliphatic rings. The summed E-state index contributed by atoms with van der Waals surface area (Å²) in [6.07, 6.45) is 0. The topological polar surface area (TPSA) is 125 Å². The highest BCUT2D eigenvalue weighted by molar-refractivity contribution is 7.80. The van der Waals surface area contributed by atoms with Crippen molar-refractivity contribution in [3.05, 3.63) is 63.7 Å². The Kier molecular flexibility index (Phi) is 7.28. The van der Waals surface area contributed by atoms with Gasteiger partial charge in [0.15, 0.2) is 10.2 Å². The molecule has 11 heteroatoms. The summed E-state index contributed by atoms with van der Waals surface area (Å²) in [5, 5.41) is 21.8. The van der Waals surface area contributed by atoms with E-state index in [1.807, 2.05) is 0 Å². The summed E-state index contributed by atoms with van der Waals surface area (Å²) < 4.78 is 0. The van der Waals surface area contributed by atoms with Crippen molar-refractivity contribution in [2.75, 3.05) is 10.6 Å². The van der Waals surface area contributed by atoms with Crippen molar-refractivity contribution in [1.82, 2.24) is 10.6 Å². The first-order valence-corrected chi connectivity index (χ1v) is 9.03. The van der Waals surface area contributed by atoms with Gasteiger partial charge in [0, 0.05) is 35.5 Å². The van der Waals surface area contributed by atoms with E-state index in [2.05, 4.69) is 21.3 Å². The summed E-state index contributed by atoms with van der Waals surface area (Å²) in [5.41, 5.74) is 1.69. The molecule has 29 heavy (non-hydrogen) atoms. The summed E-state index contributed by atoms with van der Waals surface area (Å²) >= 11 is 10.1. The Bertz CT molecular complexity index is 992. The van der Waals surface area contributed by atoms with Gasteiger partial charge in [-0.1, -0.05) is 6.07 Å². The Morgan fingerprint density at radius 1 is 0.931 bits per heavy atom. The summed E-state index contributed by atoms with van der Waals surface area (Å²) in [5.74, 6) is -0.842. The second-order valence-corrected chi connectivity index (χ2v) is 6.70. The van der Waals surface area contributed by atoms with Crippen LogP contribution in [0.1, 0.15) is 22.8 Å². The monoisotopic (exact) mass is 431 g/mol. The lowest BCUT2D eigenvalue weighted by molar-refractivity contribution is -0.385. The van der Waals surface area contributed by atoms with Crippen LogP contribution < -0.4 is 21.3 Å². The zero-order chi connectivity index (χ0) is 21.6. The number of carbonyl (C=O) groups excluding carboxylic acids is 2. The molecule has 0 saturated heterocycles. The maximum atomic E-state index is 12.3. The molecule has 0 aliphatic heterocycles. The molecule has 2 amide bonds. The Balaban J connectivity index is 1.96. The van der Waals surface area contributed by atoms with Crippen LogP contribution in [0, 0.1) is 17.0 Å². The molecule has 2 rings (SSSR count). The van der Waals surface area contributed by atoms with Gasteiger partial charge in [0.2, 0.25) is 5.91 Å². The van der Waals surface area contributed by atoms with E-state index in [0.717, 1.165) is 0 Å². The highest BCUT2D eigenvalue weighted by atomic mass is 32.1. The van der Waals surface area contributed by atoms with Gasteiger partial charge in [-0.2, -0.15) is 0 Å². The SMILES string of the molecule is CC(=O)NC(=S)Nc1ccc(NC(=S)NC(=O)c2ccc(C)c([N+](=O)[O-])c2)cc1. The number of aryl methyl sites for hydroxylation is 1. The average molecular weight is 431 g/mol. The lowest BCUT2D eigenvalue weighted by atomic mass is 10.1. The molecule has 0 bridgehead atoms. The fourth-order valence-electron chi connectivity index (χ4n) is 2.24. The maximum Gasteiger partial charge on any atom is 0.273 e. The molecule has 0 radical (unpaired) electrons. The van der Waals surface area contributed by atoms with Gasteiger partial charge >= 0.3 is 0 Å². The van der Waals surface area contributed by atoms with E-state index in [0.29, 0.717) is 16.9 Å². The number of nitro benzene ring substituents is 1. The molecule has 150 valence electrons. The minimum atomic E-state index is -0.565. The smallest absolute Gasteiger partial charge is 0.273 e. The fraction of sp³-hybridized carbons (Fsp3) is 0.111. The van der Waals surface area contributed by atoms with Gasteiger partial charge in [-0.05, 0) is 61.7 Å². The van der Waals surface area contributed by atoms with Gasteiger partial charge in [-0.3, -0.25) is 25.0 Å². The molecule has 0 heterocycles. The molecule has 0 saturated carbocycles. The molecule has 4 N–H and O–H groups in total. The maximum absolute atomic E-state index is 12.3. The fourth-order valence-corrected chi connectivity index (χ4v) is 2.72. The molecule has 0 aliphatic carbocycles. The number of benzene rings is 2. The zero-order valence-corrected chi connectivity index (χ0v) is 17.1. The van der Waals surface area contributed by atoms with Crippen LogP contribution >= 0.6 is 24.4 Å². The van der Waals surface area contributed by atoms with Crippen LogP contribution in [-0.2, 0) is 4.79 Å². The molecular formula is C18H17N5O4S2. The number of hydrogen-bond acceptors (Lipinski definition) is 6. The van der Waals surface area contributed by atoms with Crippen molar-refractivity contribution in [2.24, 2.45) is 0 Å². The predicted molar refractivity (Wildman–Crippen MR) is 118 cm³/mol. The molecule has 0 aromatic heterocycles. The molecule has 2 aromatic carbocycles. The van der Waals surface area contributed by atoms with E-state index in [-0.39, 0.29) is 27.4 Å². The summed E-state index contributed by atoms with van der Waals surface area (Å²) in [6.45, 7) is 2.94. The Hall–Kier alpha value is -3.44. The van der Waals surface area contributed by atoms with E-state index < -0.39 is 10.8 Å². The van der Waals surface area contributed by atoms with Crippen LogP contribution in [0.2, 0.25) is 0 Å². The van der Waals surface area contributed by atoms with Crippen LogP contribution in [0.15, 0.2) is 42.5 Å². The molecule has 9 nitrogen and oxygen atoms in total. The molecular weight excluding hydrogens is 414 g/mol. The van der Waals surface area contributed by atoms with Gasteiger partial charge in [0.05, 0.1) is 4.92 Å². The summed E-state index contributed by atoms with van der Waals surface area (Å²) in [6, 6.07) is 11.0. The van der Waals surface area contributed by atoms with Crippen molar-refractivity contribution in [2.45, 2.75) is 13.8 Å². The van der Waals surface area contributed by atoms with Crippen LogP contribution in [0.25, 0.3) is 0 Å². The number of nitrogens with zero attached hydrogens (tertiary/aromatic N) is 1. The van der Waals surface area contributed by atoms with Crippen LogP contribution in [0.4, 0.5) is 17.1 Å². The first kappa shape index (κ1) is 21.9. The number of thiocarbonyl (C=S) groups is 2. The van der Waals surface area contributed by atoms with Crippen molar-refractivity contribution < 1.29 is 14.5 Å². The summed E-state index contributed by atoms with van der Waals surface area (Å²) in [4.78, 5) is 33.7. The highest BCUT2D eigenvalue weighted by Crippen LogP contribution is 2.19. The molecule has 0 unspecified atom stereocenters. The van der Waals surface area contributed by atoms with Crippen LogP contribution in [0.3, 0.4) is 0 Å². The Morgan fingerprint density at radius 2 is 1.45 bits per heavy atom. The highest BCUT2D eigenvalue weighted by Gasteiger charge is 2.15. The normalized spacial score (nSPS) is 9.86. The average Bonchev–Trinajstić information content (AvgIpc) is 2.62. The van der Waals surface area contributed by atoms with E-state index in [9.17, 15) is 19.7 Å². The van der Waals surface area contributed by atoms with Crippen LogP contribution in [0.5, 0.6) is 0 Å².